The molecule has 88 valence electrons. The maximum Gasteiger partial charge on any atom is 0.116 e. The summed E-state index contributed by atoms with van der Waals surface area (Å²) < 4.78 is 0. The Hall–Kier alpha value is -2.22. The third kappa shape index (κ3) is 2.23. The summed E-state index contributed by atoms with van der Waals surface area (Å²) >= 11 is 0. The zero-order valence-electron chi connectivity index (χ0n) is 10.1. The van der Waals surface area contributed by atoms with Crippen LogP contribution in [0.5, 0.6) is 0 Å². The number of allylic oxidation sites excluding steroid dienone is 4. The first kappa shape index (κ1) is 10.9. The maximum absolute atomic E-state index is 4.38. The van der Waals surface area contributed by atoms with E-state index in [0.717, 1.165) is 29.8 Å². The predicted molar refractivity (Wildman–Crippen MR) is 73.8 cm³/mol. The van der Waals surface area contributed by atoms with Gasteiger partial charge in [0.2, 0.25) is 0 Å². The Morgan fingerprint density at radius 1 is 0.944 bits per heavy atom. The van der Waals surface area contributed by atoms with E-state index in [-0.39, 0.29) is 0 Å². The third-order valence-corrected chi connectivity index (χ3v) is 3.08. The molecule has 1 aliphatic rings. The van der Waals surface area contributed by atoms with E-state index in [4.69, 9.17) is 0 Å². The van der Waals surface area contributed by atoms with Crippen molar-refractivity contribution in [1.82, 2.24) is 9.97 Å². The van der Waals surface area contributed by atoms with Crippen molar-refractivity contribution in [2.24, 2.45) is 0 Å². The number of hydrogen-bond donors (Lipinski definition) is 0. The van der Waals surface area contributed by atoms with E-state index in [0.29, 0.717) is 0 Å². The van der Waals surface area contributed by atoms with E-state index < -0.39 is 0 Å². The van der Waals surface area contributed by atoms with Crippen molar-refractivity contribution in [3.63, 3.8) is 0 Å². The normalized spacial score (nSPS) is 14.3. The molecule has 0 saturated carbocycles. The molecule has 0 radical (unpaired) electrons. The van der Waals surface area contributed by atoms with Gasteiger partial charge in [-0.3, -0.25) is 0 Å². The lowest BCUT2D eigenvalue weighted by Crippen LogP contribution is -1.94. The number of hydrogen-bond acceptors (Lipinski definition) is 2. The zero-order valence-corrected chi connectivity index (χ0v) is 10.1. The van der Waals surface area contributed by atoms with E-state index in [1.165, 1.54) is 5.57 Å². The molecule has 1 heterocycles. The molecule has 0 fully saturated rings. The Kier molecular flexibility index (Phi) is 3.01. The van der Waals surface area contributed by atoms with Gasteiger partial charge in [0, 0.05) is 5.56 Å². The van der Waals surface area contributed by atoms with Gasteiger partial charge < -0.3 is 0 Å². The molecule has 0 atom stereocenters. The Labute approximate surface area is 107 Å². The van der Waals surface area contributed by atoms with Gasteiger partial charge in [0.15, 0.2) is 0 Å². The van der Waals surface area contributed by atoms with Crippen LogP contribution < -0.4 is 0 Å². The summed E-state index contributed by atoms with van der Waals surface area (Å²) in [4.78, 5) is 8.72. The highest BCUT2D eigenvalue weighted by atomic mass is 14.8. The minimum atomic E-state index is 0.982. The molecule has 3 rings (SSSR count). The fourth-order valence-electron chi connectivity index (χ4n) is 2.12. The molecule has 2 heteroatoms. The minimum Gasteiger partial charge on any atom is -0.237 e. The second kappa shape index (κ2) is 4.96. The predicted octanol–water partition coefficient (Wildman–Crippen LogP) is 3.88. The molecule has 0 unspecified atom stereocenters. The molecule has 0 amide bonds. The Morgan fingerprint density at radius 3 is 2.56 bits per heavy atom. The largest absolute Gasteiger partial charge is 0.237 e. The van der Waals surface area contributed by atoms with Crippen LogP contribution in [0.2, 0.25) is 0 Å². The third-order valence-electron chi connectivity index (χ3n) is 3.08. The van der Waals surface area contributed by atoms with Gasteiger partial charge in [-0.2, -0.15) is 0 Å². The first-order valence-electron chi connectivity index (χ1n) is 6.17. The van der Waals surface area contributed by atoms with E-state index in [1.54, 1.807) is 6.33 Å². The SMILES string of the molecule is C1=CCCC(c2cc(-c3ccccc3)ncn2)=C1. The highest BCUT2D eigenvalue weighted by molar-refractivity contribution is 5.69. The summed E-state index contributed by atoms with van der Waals surface area (Å²) in [7, 11) is 0. The molecule has 0 N–H and O–H groups in total. The quantitative estimate of drug-likeness (QED) is 0.788. The molecule has 1 aromatic carbocycles. The monoisotopic (exact) mass is 234 g/mol. The number of aromatic nitrogens is 2. The first-order valence-corrected chi connectivity index (χ1v) is 6.17. The van der Waals surface area contributed by atoms with E-state index in [2.05, 4.69) is 46.4 Å². The summed E-state index contributed by atoms with van der Waals surface area (Å²) in [6, 6.07) is 12.3. The Morgan fingerprint density at radius 2 is 1.78 bits per heavy atom. The van der Waals surface area contributed by atoms with Crippen LogP contribution >= 0.6 is 0 Å². The van der Waals surface area contributed by atoms with Crippen LogP contribution in [0.4, 0.5) is 0 Å². The molecule has 0 bridgehead atoms. The summed E-state index contributed by atoms with van der Waals surface area (Å²) in [6.45, 7) is 0. The lowest BCUT2D eigenvalue weighted by molar-refractivity contribution is 1.03. The van der Waals surface area contributed by atoms with Crippen molar-refractivity contribution in [1.29, 1.82) is 0 Å². The van der Waals surface area contributed by atoms with Gasteiger partial charge in [0.05, 0.1) is 11.4 Å². The van der Waals surface area contributed by atoms with E-state index in [1.807, 2.05) is 18.2 Å². The number of nitrogens with zero attached hydrogens (tertiary/aromatic N) is 2. The molecule has 0 aliphatic heterocycles. The molecule has 1 aliphatic carbocycles. The van der Waals surface area contributed by atoms with Gasteiger partial charge in [0.25, 0.3) is 0 Å². The van der Waals surface area contributed by atoms with Crippen molar-refractivity contribution in [2.45, 2.75) is 12.8 Å². The molecular formula is C16H14N2. The lowest BCUT2D eigenvalue weighted by Gasteiger charge is -2.09. The first-order chi connectivity index (χ1) is 8.93. The maximum atomic E-state index is 4.38. The topological polar surface area (TPSA) is 25.8 Å². The van der Waals surface area contributed by atoms with Crippen molar-refractivity contribution in [2.75, 3.05) is 0 Å². The molecule has 0 saturated heterocycles. The average molecular weight is 234 g/mol. The molecular weight excluding hydrogens is 220 g/mol. The van der Waals surface area contributed by atoms with E-state index in [9.17, 15) is 0 Å². The standard InChI is InChI=1S/C16H14N2/c1-3-7-13(8-4-1)15-11-16(18-12-17-15)14-9-5-2-6-10-14/h1-5,7-9,11-12H,6,10H2. The van der Waals surface area contributed by atoms with Crippen molar-refractivity contribution in [3.8, 4) is 11.3 Å². The van der Waals surface area contributed by atoms with Crippen LogP contribution in [-0.2, 0) is 0 Å². The Bertz CT molecular complexity index is 598. The van der Waals surface area contributed by atoms with Crippen molar-refractivity contribution >= 4 is 5.57 Å². The van der Waals surface area contributed by atoms with E-state index >= 15 is 0 Å². The van der Waals surface area contributed by atoms with Crippen LogP contribution in [0, 0.1) is 0 Å². The summed E-state index contributed by atoms with van der Waals surface area (Å²) in [6.07, 6.45) is 10.2. The highest BCUT2D eigenvalue weighted by Crippen LogP contribution is 2.24. The Balaban J connectivity index is 1.99. The van der Waals surface area contributed by atoms with Gasteiger partial charge >= 0.3 is 0 Å². The second-order valence-electron chi connectivity index (χ2n) is 4.31. The van der Waals surface area contributed by atoms with Crippen LogP contribution in [0.3, 0.4) is 0 Å². The van der Waals surface area contributed by atoms with Crippen LogP contribution in [0.15, 0.2) is 61.0 Å². The van der Waals surface area contributed by atoms with Gasteiger partial charge in [-0.1, -0.05) is 48.6 Å². The van der Waals surface area contributed by atoms with Gasteiger partial charge in [0.1, 0.15) is 6.33 Å². The molecule has 0 spiro atoms. The fourth-order valence-corrected chi connectivity index (χ4v) is 2.12. The van der Waals surface area contributed by atoms with Crippen LogP contribution in [-0.4, -0.2) is 9.97 Å². The minimum absolute atomic E-state index is 0.982. The molecule has 1 aromatic heterocycles. The summed E-state index contributed by atoms with van der Waals surface area (Å²) in [5.74, 6) is 0. The fraction of sp³-hybridized carbons (Fsp3) is 0.125. The molecule has 2 nitrogen and oxygen atoms in total. The lowest BCUT2D eigenvalue weighted by atomic mass is 10.0. The number of rotatable bonds is 2. The van der Waals surface area contributed by atoms with Gasteiger partial charge in [-0.25, -0.2) is 9.97 Å². The smallest absolute Gasteiger partial charge is 0.116 e. The highest BCUT2D eigenvalue weighted by Gasteiger charge is 2.07. The van der Waals surface area contributed by atoms with Crippen LogP contribution in [0.25, 0.3) is 16.8 Å². The summed E-state index contributed by atoms with van der Waals surface area (Å²) in [5, 5.41) is 0. The number of benzene rings is 1. The van der Waals surface area contributed by atoms with Crippen LogP contribution in [0.1, 0.15) is 18.5 Å². The average Bonchev–Trinajstić information content (AvgIpc) is 2.49. The van der Waals surface area contributed by atoms with Gasteiger partial charge in [-0.05, 0) is 24.5 Å². The van der Waals surface area contributed by atoms with Crippen molar-refractivity contribution in [3.05, 3.63) is 66.6 Å². The molecule has 2 aromatic rings. The summed E-state index contributed by atoms with van der Waals surface area (Å²) in [5.41, 5.74) is 4.44. The zero-order chi connectivity index (χ0) is 12.2. The van der Waals surface area contributed by atoms with Crippen molar-refractivity contribution < 1.29 is 0 Å². The second-order valence-corrected chi connectivity index (χ2v) is 4.31. The molecule has 18 heavy (non-hydrogen) atoms. The van der Waals surface area contributed by atoms with Gasteiger partial charge in [-0.15, -0.1) is 0 Å².